The van der Waals surface area contributed by atoms with E-state index < -0.39 is 0 Å². The van der Waals surface area contributed by atoms with Crippen LogP contribution in [-0.2, 0) is 22.7 Å². The van der Waals surface area contributed by atoms with Crippen LogP contribution in [-0.4, -0.2) is 47.6 Å². The average Bonchev–Trinajstić information content (AvgIpc) is 2.62. The second-order valence-corrected chi connectivity index (χ2v) is 8.10. The quantitative estimate of drug-likeness (QED) is 0.865. The number of hydrogen-bond donors (Lipinski definition) is 1. The highest BCUT2D eigenvalue weighted by Crippen LogP contribution is 2.22. The minimum Gasteiger partial charge on any atom is -0.347 e. The van der Waals surface area contributed by atoms with Gasteiger partial charge < -0.3 is 5.32 Å². The molecule has 3 rings (SSSR count). The van der Waals surface area contributed by atoms with Crippen LogP contribution in [0.2, 0.25) is 0 Å². The summed E-state index contributed by atoms with van der Waals surface area (Å²) >= 11 is 0. The molecule has 2 aliphatic rings. The van der Waals surface area contributed by atoms with Crippen LogP contribution in [0.15, 0.2) is 29.4 Å². The van der Waals surface area contributed by atoms with E-state index in [0.717, 1.165) is 23.9 Å². The first-order valence-corrected chi connectivity index (χ1v) is 9.83. The first kappa shape index (κ1) is 19.5. The number of likely N-dealkylation sites (tertiary alicyclic amines) is 1. The third kappa shape index (κ3) is 5.39. The molecule has 0 unspecified atom stereocenters. The Balaban J connectivity index is 1.50. The van der Waals surface area contributed by atoms with Gasteiger partial charge in [0.25, 0.3) is 5.91 Å². The number of carbonyl (C=O) groups excluding carboxylic acids is 2. The number of nitrogens with one attached hydrogen (secondary N) is 1. The summed E-state index contributed by atoms with van der Waals surface area (Å²) in [6.45, 7) is 8.45. The van der Waals surface area contributed by atoms with Gasteiger partial charge in [-0.05, 0) is 29.4 Å². The highest BCUT2D eigenvalue weighted by atomic mass is 16.2. The van der Waals surface area contributed by atoms with Crippen molar-refractivity contribution in [3.05, 3.63) is 35.4 Å². The Bertz CT molecular complexity index is 703. The van der Waals surface area contributed by atoms with Crippen molar-refractivity contribution in [2.75, 3.05) is 20.1 Å². The van der Waals surface area contributed by atoms with Gasteiger partial charge in [-0.25, -0.2) is 5.01 Å². The molecule has 1 aromatic rings. The van der Waals surface area contributed by atoms with Crippen LogP contribution in [0.4, 0.5) is 0 Å². The Morgan fingerprint density at radius 1 is 1.11 bits per heavy atom. The van der Waals surface area contributed by atoms with Crippen LogP contribution in [0.25, 0.3) is 0 Å². The van der Waals surface area contributed by atoms with Crippen molar-refractivity contribution in [2.45, 2.75) is 46.2 Å². The normalized spacial score (nSPS) is 23.9. The summed E-state index contributed by atoms with van der Waals surface area (Å²) in [6.07, 6.45) is 2.07. The minimum absolute atomic E-state index is 0.0559. The molecule has 0 radical (unpaired) electrons. The van der Waals surface area contributed by atoms with Gasteiger partial charge in [0.15, 0.2) is 0 Å². The zero-order valence-electron chi connectivity index (χ0n) is 16.6. The molecule has 6 heteroatoms. The lowest BCUT2D eigenvalue weighted by Crippen LogP contribution is -2.38. The largest absolute Gasteiger partial charge is 0.347 e. The van der Waals surface area contributed by atoms with E-state index in [2.05, 4.69) is 53.4 Å². The Labute approximate surface area is 161 Å². The van der Waals surface area contributed by atoms with Crippen LogP contribution < -0.4 is 5.32 Å². The molecule has 0 aromatic heterocycles. The van der Waals surface area contributed by atoms with Gasteiger partial charge >= 0.3 is 0 Å². The number of benzene rings is 1. The lowest BCUT2D eigenvalue weighted by Gasteiger charge is -2.35. The SMILES string of the molecule is C[C@@H]1C[C@@H](C)CN(Cc2ccc(CNC(=O)C3=NN(C)C(=O)CC3)cc2)C1. The van der Waals surface area contributed by atoms with Crippen molar-refractivity contribution in [1.29, 1.82) is 0 Å². The molecule has 2 heterocycles. The number of piperidine rings is 1. The van der Waals surface area contributed by atoms with Crippen LogP contribution in [0, 0.1) is 11.8 Å². The van der Waals surface area contributed by atoms with E-state index in [1.165, 1.54) is 30.1 Å². The maximum Gasteiger partial charge on any atom is 0.267 e. The molecule has 0 aliphatic carbocycles. The molecule has 0 bridgehead atoms. The van der Waals surface area contributed by atoms with Gasteiger partial charge in [0.1, 0.15) is 5.71 Å². The molecule has 0 spiro atoms. The summed E-state index contributed by atoms with van der Waals surface area (Å²) in [5.41, 5.74) is 2.79. The summed E-state index contributed by atoms with van der Waals surface area (Å²) in [7, 11) is 1.58. The molecule has 1 aromatic carbocycles. The molecule has 2 aliphatic heterocycles. The highest BCUT2D eigenvalue weighted by molar-refractivity contribution is 6.39. The van der Waals surface area contributed by atoms with Crippen molar-refractivity contribution >= 4 is 17.5 Å². The number of hydrogen-bond acceptors (Lipinski definition) is 4. The van der Waals surface area contributed by atoms with Gasteiger partial charge in [0.2, 0.25) is 5.91 Å². The van der Waals surface area contributed by atoms with Crippen molar-refractivity contribution in [3.8, 4) is 0 Å². The molecule has 146 valence electrons. The van der Waals surface area contributed by atoms with Gasteiger partial charge in [-0.2, -0.15) is 5.10 Å². The zero-order chi connectivity index (χ0) is 19.4. The van der Waals surface area contributed by atoms with Crippen molar-refractivity contribution in [1.82, 2.24) is 15.2 Å². The Morgan fingerprint density at radius 3 is 2.37 bits per heavy atom. The van der Waals surface area contributed by atoms with Crippen molar-refractivity contribution in [3.63, 3.8) is 0 Å². The smallest absolute Gasteiger partial charge is 0.267 e. The Kier molecular flexibility index (Phi) is 6.26. The monoisotopic (exact) mass is 370 g/mol. The fourth-order valence-electron chi connectivity index (χ4n) is 4.06. The summed E-state index contributed by atoms with van der Waals surface area (Å²) in [5, 5.41) is 8.19. The maximum atomic E-state index is 12.2. The summed E-state index contributed by atoms with van der Waals surface area (Å²) in [4.78, 5) is 26.2. The fraction of sp³-hybridized carbons (Fsp3) is 0.571. The first-order chi connectivity index (χ1) is 12.9. The first-order valence-electron chi connectivity index (χ1n) is 9.83. The molecule has 2 amide bonds. The highest BCUT2D eigenvalue weighted by Gasteiger charge is 2.22. The van der Waals surface area contributed by atoms with E-state index in [9.17, 15) is 9.59 Å². The molecule has 1 N–H and O–H groups in total. The van der Waals surface area contributed by atoms with E-state index in [1.807, 2.05) is 0 Å². The van der Waals surface area contributed by atoms with Gasteiger partial charge in [0, 0.05) is 46.1 Å². The van der Waals surface area contributed by atoms with E-state index in [0.29, 0.717) is 25.1 Å². The zero-order valence-corrected chi connectivity index (χ0v) is 16.6. The molecule has 1 fully saturated rings. The molecule has 1 saturated heterocycles. The fourth-order valence-corrected chi connectivity index (χ4v) is 4.06. The van der Waals surface area contributed by atoms with E-state index in [-0.39, 0.29) is 11.8 Å². The van der Waals surface area contributed by atoms with Gasteiger partial charge in [0.05, 0.1) is 0 Å². The van der Waals surface area contributed by atoms with Gasteiger partial charge in [-0.15, -0.1) is 0 Å². The van der Waals surface area contributed by atoms with Crippen LogP contribution in [0.5, 0.6) is 0 Å². The predicted octanol–water partition coefficient (Wildman–Crippen LogP) is 2.39. The van der Waals surface area contributed by atoms with Crippen LogP contribution in [0.1, 0.15) is 44.2 Å². The summed E-state index contributed by atoms with van der Waals surface area (Å²) in [6, 6.07) is 8.45. The number of amides is 2. The molecule has 0 saturated carbocycles. The predicted molar refractivity (Wildman–Crippen MR) is 106 cm³/mol. The minimum atomic E-state index is -0.199. The lowest BCUT2D eigenvalue weighted by atomic mass is 9.91. The van der Waals surface area contributed by atoms with Crippen molar-refractivity contribution in [2.24, 2.45) is 16.9 Å². The van der Waals surface area contributed by atoms with E-state index >= 15 is 0 Å². The Hall–Kier alpha value is -2.21. The second-order valence-electron chi connectivity index (χ2n) is 8.10. The third-order valence-electron chi connectivity index (χ3n) is 5.30. The van der Waals surface area contributed by atoms with Crippen LogP contribution in [0.3, 0.4) is 0 Å². The molecular formula is C21H30N4O2. The molecule has 6 nitrogen and oxygen atoms in total. The maximum absolute atomic E-state index is 12.2. The van der Waals surface area contributed by atoms with Gasteiger partial charge in [-0.3, -0.25) is 14.5 Å². The number of carbonyl (C=O) groups is 2. The third-order valence-corrected chi connectivity index (χ3v) is 5.30. The number of nitrogens with zero attached hydrogens (tertiary/aromatic N) is 3. The van der Waals surface area contributed by atoms with Crippen LogP contribution >= 0.6 is 0 Å². The molecule has 2 atom stereocenters. The van der Waals surface area contributed by atoms with E-state index in [1.54, 1.807) is 7.05 Å². The molecular weight excluding hydrogens is 340 g/mol. The number of hydrazone groups is 1. The van der Waals surface area contributed by atoms with E-state index in [4.69, 9.17) is 0 Å². The summed E-state index contributed by atoms with van der Waals surface area (Å²) < 4.78 is 0. The standard InChI is InChI=1S/C21H30N4O2/c1-15-10-16(2)13-25(12-15)14-18-6-4-17(5-7-18)11-22-21(27)19-8-9-20(26)24(3)23-19/h4-7,15-16H,8-14H2,1-3H3,(H,22,27)/t15-,16-/m1/s1. The summed E-state index contributed by atoms with van der Waals surface area (Å²) in [5.74, 6) is 1.27. The lowest BCUT2D eigenvalue weighted by molar-refractivity contribution is -0.130. The average molecular weight is 370 g/mol. The van der Waals surface area contributed by atoms with Crippen molar-refractivity contribution < 1.29 is 9.59 Å². The Morgan fingerprint density at radius 2 is 1.74 bits per heavy atom. The number of rotatable bonds is 5. The topological polar surface area (TPSA) is 65.0 Å². The second kappa shape index (κ2) is 8.65. The molecule has 27 heavy (non-hydrogen) atoms. The van der Waals surface area contributed by atoms with Gasteiger partial charge in [-0.1, -0.05) is 38.1 Å².